The maximum absolute atomic E-state index is 13.3. The molecule has 30 heavy (non-hydrogen) atoms. The molecule has 2 heterocycles. The third kappa shape index (κ3) is 3.68. The molecule has 0 N–H and O–H groups in total. The third-order valence-electron chi connectivity index (χ3n) is 4.81. The van der Waals surface area contributed by atoms with Crippen LogP contribution in [-0.2, 0) is 13.1 Å². The van der Waals surface area contributed by atoms with Crippen LogP contribution in [0.15, 0.2) is 64.4 Å². The van der Waals surface area contributed by atoms with Crippen molar-refractivity contribution in [3.8, 4) is 5.69 Å². The monoisotopic (exact) mass is 442 g/mol. The lowest BCUT2D eigenvalue weighted by molar-refractivity contribution is 0.489. The molecule has 0 saturated heterocycles. The van der Waals surface area contributed by atoms with Crippen LogP contribution in [0.1, 0.15) is 19.4 Å². The summed E-state index contributed by atoms with van der Waals surface area (Å²) in [5.41, 5.74) is 1.24. The smallest absolute Gasteiger partial charge is 0.320 e. The highest BCUT2D eigenvalue weighted by atomic mass is 35.5. The summed E-state index contributed by atoms with van der Waals surface area (Å²) in [6, 6.07) is 14.4. The highest BCUT2D eigenvalue weighted by Gasteiger charge is 2.20. The molecule has 0 unspecified atom stereocenters. The predicted octanol–water partition coefficient (Wildman–Crippen LogP) is 4.36. The fraction of sp³-hybridized carbons (Fsp3) is 0.227. The van der Waals surface area contributed by atoms with Crippen LogP contribution in [0, 0.1) is 5.92 Å². The van der Waals surface area contributed by atoms with Crippen LogP contribution in [0.4, 0.5) is 0 Å². The first-order valence-electron chi connectivity index (χ1n) is 9.57. The Morgan fingerprint density at radius 3 is 2.50 bits per heavy atom. The maximum Gasteiger partial charge on any atom is 0.337 e. The van der Waals surface area contributed by atoms with Gasteiger partial charge in [-0.15, -0.1) is 0 Å². The summed E-state index contributed by atoms with van der Waals surface area (Å²) >= 11 is 12.5. The first kappa shape index (κ1) is 20.4. The summed E-state index contributed by atoms with van der Waals surface area (Å²) in [6.07, 6.45) is 1.57. The lowest BCUT2D eigenvalue weighted by Crippen LogP contribution is -2.41. The predicted molar refractivity (Wildman–Crippen MR) is 120 cm³/mol. The molecule has 154 valence electrons. The van der Waals surface area contributed by atoms with E-state index in [1.165, 1.54) is 9.13 Å². The quantitative estimate of drug-likeness (QED) is 0.461. The van der Waals surface area contributed by atoms with Crippen molar-refractivity contribution in [2.45, 2.75) is 26.9 Å². The van der Waals surface area contributed by atoms with Gasteiger partial charge in [0.05, 0.1) is 18.6 Å². The maximum atomic E-state index is 13.3. The molecule has 0 fully saturated rings. The van der Waals surface area contributed by atoms with Crippen molar-refractivity contribution in [2.75, 3.05) is 0 Å². The Bertz CT molecular complexity index is 1350. The van der Waals surface area contributed by atoms with Gasteiger partial charge in [0.15, 0.2) is 11.2 Å². The Morgan fingerprint density at radius 2 is 1.80 bits per heavy atom. The minimum absolute atomic E-state index is 0.112. The molecule has 0 spiro atoms. The van der Waals surface area contributed by atoms with Crippen LogP contribution < -0.4 is 11.2 Å². The zero-order valence-electron chi connectivity index (χ0n) is 16.5. The van der Waals surface area contributed by atoms with Gasteiger partial charge in [-0.1, -0.05) is 61.3 Å². The van der Waals surface area contributed by atoms with E-state index in [1.54, 1.807) is 41.2 Å². The molecule has 0 radical (unpaired) electrons. The second-order valence-electron chi connectivity index (χ2n) is 7.54. The van der Waals surface area contributed by atoms with E-state index in [4.69, 9.17) is 23.2 Å². The van der Waals surface area contributed by atoms with E-state index in [9.17, 15) is 9.59 Å². The van der Waals surface area contributed by atoms with E-state index < -0.39 is 5.69 Å². The Balaban J connectivity index is 2.02. The van der Waals surface area contributed by atoms with E-state index >= 15 is 0 Å². The number of hydrogen-bond acceptors (Lipinski definition) is 3. The molecule has 0 aliphatic heterocycles. The molecule has 0 bridgehead atoms. The van der Waals surface area contributed by atoms with Crippen molar-refractivity contribution < 1.29 is 0 Å². The Kier molecular flexibility index (Phi) is 5.54. The van der Waals surface area contributed by atoms with E-state index in [2.05, 4.69) is 4.98 Å². The molecule has 2 aromatic heterocycles. The van der Waals surface area contributed by atoms with Crippen LogP contribution in [0.3, 0.4) is 0 Å². The number of benzene rings is 2. The Hall–Kier alpha value is -2.83. The van der Waals surface area contributed by atoms with Crippen LogP contribution in [-0.4, -0.2) is 18.7 Å². The molecule has 8 heteroatoms. The van der Waals surface area contributed by atoms with E-state index in [0.29, 0.717) is 40.0 Å². The molecular formula is C22H20Cl2N4O2. The third-order valence-corrected chi connectivity index (χ3v) is 5.42. The fourth-order valence-electron chi connectivity index (χ4n) is 3.48. The highest BCUT2D eigenvalue weighted by Crippen LogP contribution is 2.20. The van der Waals surface area contributed by atoms with E-state index in [0.717, 1.165) is 5.56 Å². The minimum Gasteiger partial charge on any atom is -0.320 e. The Labute approximate surface area is 182 Å². The Morgan fingerprint density at radius 1 is 1.03 bits per heavy atom. The summed E-state index contributed by atoms with van der Waals surface area (Å²) in [5, 5.41) is 1.09. The number of nitrogens with zero attached hydrogens (tertiary/aromatic N) is 4. The molecule has 4 aromatic rings. The van der Waals surface area contributed by atoms with Crippen LogP contribution >= 0.6 is 23.2 Å². The van der Waals surface area contributed by atoms with Crippen LogP contribution in [0.5, 0.6) is 0 Å². The van der Waals surface area contributed by atoms with Gasteiger partial charge in [-0.2, -0.15) is 0 Å². The van der Waals surface area contributed by atoms with Gasteiger partial charge in [0, 0.05) is 16.6 Å². The lowest BCUT2D eigenvalue weighted by Gasteiger charge is -2.14. The van der Waals surface area contributed by atoms with Crippen molar-refractivity contribution in [1.82, 2.24) is 18.7 Å². The van der Waals surface area contributed by atoms with E-state index in [1.807, 2.05) is 32.0 Å². The number of halogens is 2. The largest absolute Gasteiger partial charge is 0.337 e. The molecule has 4 rings (SSSR count). The number of aromatic nitrogens is 4. The van der Waals surface area contributed by atoms with Crippen LogP contribution in [0.25, 0.3) is 16.9 Å². The van der Waals surface area contributed by atoms with Gasteiger partial charge in [-0.05, 0) is 35.7 Å². The molecule has 0 atom stereocenters. The van der Waals surface area contributed by atoms with Gasteiger partial charge >= 0.3 is 5.69 Å². The molecule has 0 aliphatic carbocycles. The van der Waals surface area contributed by atoms with Crippen molar-refractivity contribution >= 4 is 34.4 Å². The van der Waals surface area contributed by atoms with Crippen molar-refractivity contribution in [3.05, 3.63) is 91.3 Å². The van der Waals surface area contributed by atoms with Gasteiger partial charge in [0.1, 0.15) is 0 Å². The average molecular weight is 443 g/mol. The van der Waals surface area contributed by atoms with Gasteiger partial charge < -0.3 is 4.57 Å². The van der Waals surface area contributed by atoms with Crippen molar-refractivity contribution in [2.24, 2.45) is 5.92 Å². The molecule has 0 saturated carbocycles. The SMILES string of the molecule is CC(C)Cn1c(=O)c2c(ncn2Cc2ccccc2Cl)n(-c2cccc(Cl)c2)c1=O. The van der Waals surface area contributed by atoms with Gasteiger partial charge in [0.2, 0.25) is 0 Å². The summed E-state index contributed by atoms with van der Waals surface area (Å²) in [5.74, 6) is 0.112. The second kappa shape index (κ2) is 8.13. The highest BCUT2D eigenvalue weighted by molar-refractivity contribution is 6.31. The van der Waals surface area contributed by atoms with Gasteiger partial charge in [-0.25, -0.2) is 14.3 Å². The standard InChI is InChI=1S/C22H20Cl2N4O2/c1-14(2)11-27-21(29)19-20(28(22(27)30)17-8-5-7-16(23)10-17)25-13-26(19)12-15-6-3-4-9-18(15)24/h3-10,13-14H,11-12H2,1-2H3. The summed E-state index contributed by atoms with van der Waals surface area (Å²) < 4.78 is 4.43. The summed E-state index contributed by atoms with van der Waals surface area (Å²) in [4.78, 5) is 31.0. The molecule has 0 amide bonds. The first-order chi connectivity index (χ1) is 14.4. The number of fused-ring (bicyclic) bond motifs is 1. The summed E-state index contributed by atoms with van der Waals surface area (Å²) in [7, 11) is 0. The summed E-state index contributed by atoms with van der Waals surface area (Å²) in [6.45, 7) is 4.58. The first-order valence-corrected chi connectivity index (χ1v) is 10.3. The molecule has 2 aromatic carbocycles. The minimum atomic E-state index is -0.438. The zero-order valence-corrected chi connectivity index (χ0v) is 18.1. The van der Waals surface area contributed by atoms with Crippen molar-refractivity contribution in [3.63, 3.8) is 0 Å². The molecule has 6 nitrogen and oxygen atoms in total. The lowest BCUT2D eigenvalue weighted by atomic mass is 10.2. The normalized spacial score (nSPS) is 11.5. The van der Waals surface area contributed by atoms with Crippen LogP contribution in [0.2, 0.25) is 10.0 Å². The topological polar surface area (TPSA) is 61.8 Å². The molecule has 0 aliphatic rings. The molecular weight excluding hydrogens is 423 g/mol. The second-order valence-corrected chi connectivity index (χ2v) is 8.39. The van der Waals surface area contributed by atoms with Gasteiger partial charge in [0.25, 0.3) is 5.56 Å². The number of rotatable bonds is 5. The van der Waals surface area contributed by atoms with Gasteiger partial charge in [-0.3, -0.25) is 9.36 Å². The average Bonchev–Trinajstić information content (AvgIpc) is 3.10. The number of hydrogen-bond donors (Lipinski definition) is 0. The van der Waals surface area contributed by atoms with Crippen molar-refractivity contribution in [1.29, 1.82) is 0 Å². The zero-order chi connectivity index (χ0) is 21.4. The number of imidazole rings is 1. The fourth-order valence-corrected chi connectivity index (χ4v) is 3.86. The van der Waals surface area contributed by atoms with E-state index in [-0.39, 0.29) is 11.5 Å².